The maximum Gasteiger partial charge on any atom is 0.404 e. The molecule has 1 aromatic heterocycles. The molecule has 1 fully saturated rings. The summed E-state index contributed by atoms with van der Waals surface area (Å²) in [6.45, 7) is 3.71. The quantitative estimate of drug-likeness (QED) is 0.473. The zero-order valence-electron chi connectivity index (χ0n) is 19.3. The van der Waals surface area contributed by atoms with Crippen LogP contribution in [-0.4, -0.2) is 59.1 Å². The summed E-state index contributed by atoms with van der Waals surface area (Å²) in [6.07, 6.45) is 1.24. The van der Waals surface area contributed by atoms with Gasteiger partial charge in [-0.2, -0.15) is 0 Å². The molecule has 2 atom stereocenters. The third-order valence-corrected chi connectivity index (χ3v) is 6.32. The second-order valence-electron chi connectivity index (χ2n) is 8.71. The smallest absolute Gasteiger partial charge is 0.404 e. The lowest BCUT2D eigenvalue weighted by Gasteiger charge is -2.38. The summed E-state index contributed by atoms with van der Waals surface area (Å²) in [7, 11) is 1.60. The van der Waals surface area contributed by atoms with Gasteiger partial charge < -0.3 is 25.2 Å². The first-order chi connectivity index (χ1) is 16.4. The van der Waals surface area contributed by atoms with Gasteiger partial charge in [-0.25, -0.2) is 19.2 Å². The van der Waals surface area contributed by atoms with Gasteiger partial charge in [-0.1, -0.05) is 12.1 Å². The first-order valence-electron chi connectivity index (χ1n) is 11.4. The number of hydrogen-bond donors (Lipinski definition) is 3. The number of benzene rings is 2. The van der Waals surface area contributed by atoms with Gasteiger partial charge in [-0.05, 0) is 61.9 Å². The van der Waals surface area contributed by atoms with Crippen LogP contribution in [0.15, 0.2) is 36.4 Å². The highest BCUT2D eigenvalue weighted by atomic mass is 19.1. The number of carboxylic acid groups (broad SMARTS) is 1. The fourth-order valence-corrected chi connectivity index (χ4v) is 4.67. The van der Waals surface area contributed by atoms with Gasteiger partial charge in [0.1, 0.15) is 17.4 Å². The van der Waals surface area contributed by atoms with Crippen molar-refractivity contribution in [1.82, 2.24) is 15.3 Å². The van der Waals surface area contributed by atoms with E-state index >= 15 is 0 Å². The molecule has 2 aromatic carbocycles. The van der Waals surface area contributed by atoms with Gasteiger partial charge in [0.2, 0.25) is 0 Å². The van der Waals surface area contributed by atoms with E-state index < -0.39 is 11.9 Å². The largest absolute Gasteiger partial charge is 0.507 e. The maximum atomic E-state index is 14.7. The zero-order valence-corrected chi connectivity index (χ0v) is 19.3. The molecule has 1 aliphatic heterocycles. The average Bonchev–Trinajstić information content (AvgIpc) is 2.80. The highest BCUT2D eigenvalue weighted by molar-refractivity contribution is 5.92. The number of piperidine rings is 1. The van der Waals surface area contributed by atoms with Crippen molar-refractivity contribution >= 4 is 22.8 Å². The molecule has 4 rings (SSSR count). The van der Waals surface area contributed by atoms with Crippen molar-refractivity contribution in [3.8, 4) is 17.1 Å². The molecule has 0 radical (unpaired) electrons. The van der Waals surface area contributed by atoms with E-state index in [1.165, 1.54) is 18.2 Å². The van der Waals surface area contributed by atoms with Crippen LogP contribution in [0.25, 0.3) is 22.3 Å². The summed E-state index contributed by atoms with van der Waals surface area (Å²) in [5.74, 6) is -0.00103. The van der Waals surface area contributed by atoms with Crippen LogP contribution in [0.4, 0.5) is 15.0 Å². The molecular formula is C25H29FN4O4. The second-order valence-corrected chi connectivity index (χ2v) is 8.71. The van der Waals surface area contributed by atoms with E-state index in [0.29, 0.717) is 30.9 Å². The van der Waals surface area contributed by atoms with Crippen molar-refractivity contribution in [3.63, 3.8) is 0 Å². The molecular weight excluding hydrogens is 439 g/mol. The number of fused-ring (bicyclic) bond motifs is 1. The Labute approximate surface area is 197 Å². The number of halogens is 1. The van der Waals surface area contributed by atoms with Crippen LogP contribution in [0.5, 0.6) is 5.75 Å². The average molecular weight is 469 g/mol. The Morgan fingerprint density at radius 3 is 2.88 bits per heavy atom. The van der Waals surface area contributed by atoms with Gasteiger partial charge in [-0.3, -0.25) is 0 Å². The Morgan fingerprint density at radius 1 is 1.32 bits per heavy atom. The van der Waals surface area contributed by atoms with Crippen molar-refractivity contribution in [2.45, 2.75) is 32.2 Å². The van der Waals surface area contributed by atoms with Crippen LogP contribution in [0.2, 0.25) is 0 Å². The fourth-order valence-electron chi connectivity index (χ4n) is 4.67. The van der Waals surface area contributed by atoms with Crippen LogP contribution in [-0.2, 0) is 4.74 Å². The number of aromatic nitrogens is 2. The number of rotatable bonds is 7. The van der Waals surface area contributed by atoms with Gasteiger partial charge in [-0.15, -0.1) is 0 Å². The van der Waals surface area contributed by atoms with Crippen LogP contribution in [0.1, 0.15) is 24.8 Å². The molecule has 9 heteroatoms. The van der Waals surface area contributed by atoms with Crippen LogP contribution in [0, 0.1) is 18.7 Å². The van der Waals surface area contributed by atoms with E-state index in [2.05, 4.69) is 15.2 Å². The topological polar surface area (TPSA) is 108 Å². The Morgan fingerprint density at radius 2 is 2.15 bits per heavy atom. The van der Waals surface area contributed by atoms with Crippen LogP contribution in [0.3, 0.4) is 0 Å². The van der Waals surface area contributed by atoms with Crippen molar-refractivity contribution in [1.29, 1.82) is 0 Å². The van der Waals surface area contributed by atoms with Gasteiger partial charge in [0, 0.05) is 38.2 Å². The number of phenolic OH excluding ortho intramolecular Hbond substituents is 1. The van der Waals surface area contributed by atoms with Crippen LogP contribution < -0.4 is 10.2 Å². The number of nitrogens with zero attached hydrogens (tertiary/aromatic N) is 3. The van der Waals surface area contributed by atoms with Gasteiger partial charge in [0.25, 0.3) is 0 Å². The molecule has 180 valence electrons. The first kappa shape index (κ1) is 23.7. The predicted molar refractivity (Wildman–Crippen MR) is 128 cm³/mol. The fraction of sp³-hybridized carbons (Fsp3) is 0.400. The Kier molecular flexibility index (Phi) is 7.12. The van der Waals surface area contributed by atoms with E-state index in [1.807, 2.05) is 25.1 Å². The highest BCUT2D eigenvalue weighted by Crippen LogP contribution is 2.35. The number of aromatic hydroxyl groups is 1. The van der Waals surface area contributed by atoms with Gasteiger partial charge in [0.05, 0.1) is 11.1 Å². The van der Waals surface area contributed by atoms with Crippen molar-refractivity contribution in [2.75, 3.05) is 31.7 Å². The van der Waals surface area contributed by atoms with E-state index in [-0.39, 0.29) is 29.1 Å². The molecule has 34 heavy (non-hydrogen) atoms. The van der Waals surface area contributed by atoms with Crippen molar-refractivity contribution in [3.05, 3.63) is 47.8 Å². The normalized spacial score (nSPS) is 17.0. The molecule has 0 saturated carbocycles. The number of ether oxygens (including phenoxy) is 1. The summed E-state index contributed by atoms with van der Waals surface area (Å²) in [5.41, 5.74) is 1.62. The second kappa shape index (κ2) is 10.2. The summed E-state index contributed by atoms with van der Waals surface area (Å²) >= 11 is 0. The first-order valence-corrected chi connectivity index (χ1v) is 11.4. The third-order valence-electron chi connectivity index (χ3n) is 6.32. The predicted octanol–water partition coefficient (Wildman–Crippen LogP) is 4.34. The lowest BCUT2D eigenvalue weighted by molar-refractivity contribution is 0.152. The lowest BCUT2D eigenvalue weighted by atomic mass is 9.88. The molecule has 0 bridgehead atoms. The highest BCUT2D eigenvalue weighted by Gasteiger charge is 2.30. The molecule has 0 spiro atoms. The van der Waals surface area contributed by atoms with Crippen molar-refractivity contribution < 1.29 is 24.1 Å². The number of hydrogen-bond acceptors (Lipinski definition) is 6. The number of aryl methyl sites for hydroxylation is 1. The summed E-state index contributed by atoms with van der Waals surface area (Å²) in [5, 5.41) is 23.2. The van der Waals surface area contributed by atoms with Gasteiger partial charge in [0.15, 0.2) is 5.82 Å². The minimum absolute atomic E-state index is 0.0359. The van der Waals surface area contributed by atoms with E-state index in [0.717, 1.165) is 30.3 Å². The van der Waals surface area contributed by atoms with Crippen LogP contribution >= 0.6 is 0 Å². The lowest BCUT2D eigenvalue weighted by Crippen LogP contribution is -2.48. The summed E-state index contributed by atoms with van der Waals surface area (Å²) in [6, 6.07) is 9.70. The minimum atomic E-state index is -1.06. The molecule has 2 heterocycles. The SMILES string of the molecule is COCCC(NC(=O)O)C1CCCN(c2nc(-c3c(O)cccc3F)nc3cc(C)ccc23)C1. The molecule has 1 amide bonds. The van der Waals surface area contributed by atoms with E-state index in [1.54, 1.807) is 7.11 Å². The van der Waals surface area contributed by atoms with Gasteiger partial charge >= 0.3 is 6.09 Å². The molecule has 3 N–H and O–H groups in total. The number of phenols is 1. The van der Waals surface area contributed by atoms with Crippen molar-refractivity contribution in [2.24, 2.45) is 5.92 Å². The number of nitrogens with one attached hydrogen (secondary N) is 1. The number of anilines is 1. The summed E-state index contributed by atoms with van der Waals surface area (Å²) in [4.78, 5) is 22.8. The minimum Gasteiger partial charge on any atom is -0.507 e. The summed E-state index contributed by atoms with van der Waals surface area (Å²) < 4.78 is 19.9. The number of methoxy groups -OCH3 is 1. The zero-order chi connectivity index (χ0) is 24.2. The Bertz CT molecular complexity index is 1170. The standard InChI is InChI=1S/C25H29FN4O4/c1-15-8-9-17-20(13-15)27-23(22-18(26)6-3-7-21(22)31)29-24(17)30-11-4-5-16(14-30)19(10-12-34-2)28-25(32)33/h3,6-9,13,16,19,28,31H,4-5,10-12,14H2,1-2H3,(H,32,33). The maximum absolute atomic E-state index is 14.7. The molecule has 1 saturated heterocycles. The molecule has 8 nitrogen and oxygen atoms in total. The molecule has 2 unspecified atom stereocenters. The number of amides is 1. The molecule has 1 aliphatic rings. The molecule has 3 aromatic rings. The Balaban J connectivity index is 1.76. The monoisotopic (exact) mass is 468 g/mol. The number of carbonyl (C=O) groups is 1. The Hall–Kier alpha value is -3.46. The third kappa shape index (κ3) is 5.04. The van der Waals surface area contributed by atoms with E-state index in [9.17, 15) is 19.4 Å². The molecule has 0 aliphatic carbocycles. The van der Waals surface area contributed by atoms with E-state index in [4.69, 9.17) is 9.72 Å².